The van der Waals surface area contributed by atoms with Crippen LogP contribution in [-0.2, 0) is 10.0 Å². The van der Waals surface area contributed by atoms with Crippen molar-refractivity contribution in [1.82, 2.24) is 14.3 Å². The molecule has 8 heteroatoms. The number of aliphatic hydroxyl groups is 1. The number of rotatable bonds is 4. The van der Waals surface area contributed by atoms with Crippen LogP contribution in [0.1, 0.15) is 17.3 Å². The highest BCUT2D eigenvalue weighted by molar-refractivity contribution is 7.89. The zero-order valence-electron chi connectivity index (χ0n) is 11.6. The van der Waals surface area contributed by atoms with Gasteiger partial charge in [0.25, 0.3) is 10.0 Å². The number of nitrogens with zero attached hydrogens (tertiary/aromatic N) is 2. The summed E-state index contributed by atoms with van der Waals surface area (Å²) in [6, 6.07) is 1.99. The number of hydrogen-bond acceptors (Lipinski definition) is 5. The number of H-pyrrole nitrogens is 1. The number of aliphatic hydroxyl groups excluding tert-OH is 1. The minimum atomic E-state index is -3.58. The van der Waals surface area contributed by atoms with Crippen molar-refractivity contribution in [1.29, 1.82) is 0 Å². The zero-order chi connectivity index (χ0) is 15.0. The Morgan fingerprint density at radius 3 is 2.90 bits per heavy atom. The van der Waals surface area contributed by atoms with Crippen LogP contribution in [0.25, 0.3) is 0 Å². The molecule has 2 atom stereocenters. The second-order valence-corrected chi connectivity index (χ2v) is 7.95. The fraction of sp³-hybridized carbons (Fsp3) is 0.462. The molecule has 2 N–H and O–H groups in total. The molecular formula is C13H17N3O3S2. The third-order valence-electron chi connectivity index (χ3n) is 3.91. The molecule has 1 fully saturated rings. The fourth-order valence-corrected chi connectivity index (χ4v) is 4.96. The van der Waals surface area contributed by atoms with Crippen LogP contribution < -0.4 is 0 Å². The normalized spacial score (nSPS) is 23.7. The first-order valence-corrected chi connectivity index (χ1v) is 9.05. The third-order valence-corrected chi connectivity index (χ3v) is 6.35. The predicted octanol–water partition coefficient (Wildman–Crippen LogP) is 1.18. The van der Waals surface area contributed by atoms with Crippen LogP contribution in [0.4, 0.5) is 0 Å². The van der Waals surface area contributed by atoms with E-state index in [4.69, 9.17) is 0 Å². The van der Waals surface area contributed by atoms with Gasteiger partial charge in [-0.25, -0.2) is 13.4 Å². The number of hydrogen-bond donors (Lipinski definition) is 2. The molecule has 1 aliphatic heterocycles. The molecule has 114 valence electrons. The first kappa shape index (κ1) is 14.7. The van der Waals surface area contributed by atoms with Gasteiger partial charge in [-0.1, -0.05) is 0 Å². The number of aromatic nitrogens is 2. The molecule has 0 radical (unpaired) electrons. The standard InChI is InChI=1S/C13H17N3O3S2/c1-9-14-4-13(15-9)21(18,19)16-5-11(7-17)12(6-16)10-2-3-20-8-10/h2-4,8,11-12,17H,5-7H2,1H3,(H,14,15)/t11-,12+/m1/s1. The van der Waals surface area contributed by atoms with Gasteiger partial charge < -0.3 is 10.1 Å². The van der Waals surface area contributed by atoms with Gasteiger partial charge in [-0.15, -0.1) is 0 Å². The van der Waals surface area contributed by atoms with E-state index in [0.29, 0.717) is 18.9 Å². The Bertz CT molecular complexity index is 709. The summed E-state index contributed by atoms with van der Waals surface area (Å²) in [7, 11) is -3.58. The Morgan fingerprint density at radius 2 is 2.33 bits per heavy atom. The van der Waals surface area contributed by atoms with Crippen molar-refractivity contribution in [3.05, 3.63) is 34.4 Å². The smallest absolute Gasteiger partial charge is 0.260 e. The topological polar surface area (TPSA) is 86.3 Å². The van der Waals surface area contributed by atoms with Crippen LogP contribution in [0.15, 0.2) is 28.0 Å². The second-order valence-electron chi connectivity index (χ2n) is 5.26. The predicted molar refractivity (Wildman–Crippen MR) is 79.7 cm³/mol. The molecule has 3 heterocycles. The minimum Gasteiger partial charge on any atom is -0.396 e. The van der Waals surface area contributed by atoms with E-state index in [-0.39, 0.29) is 23.5 Å². The van der Waals surface area contributed by atoms with Crippen molar-refractivity contribution < 1.29 is 13.5 Å². The lowest BCUT2D eigenvalue weighted by Crippen LogP contribution is -2.29. The van der Waals surface area contributed by atoms with Gasteiger partial charge in [0.15, 0.2) is 5.03 Å². The highest BCUT2D eigenvalue weighted by atomic mass is 32.2. The van der Waals surface area contributed by atoms with E-state index >= 15 is 0 Å². The van der Waals surface area contributed by atoms with E-state index in [2.05, 4.69) is 9.97 Å². The molecule has 0 unspecified atom stereocenters. The monoisotopic (exact) mass is 327 g/mol. The first-order valence-electron chi connectivity index (χ1n) is 6.67. The Morgan fingerprint density at radius 1 is 1.52 bits per heavy atom. The highest BCUT2D eigenvalue weighted by Crippen LogP contribution is 2.35. The molecule has 2 aromatic rings. The highest BCUT2D eigenvalue weighted by Gasteiger charge is 2.40. The summed E-state index contributed by atoms with van der Waals surface area (Å²) < 4.78 is 26.6. The van der Waals surface area contributed by atoms with Crippen molar-refractivity contribution in [3.63, 3.8) is 0 Å². The van der Waals surface area contributed by atoms with Gasteiger partial charge in [-0.3, -0.25) is 0 Å². The van der Waals surface area contributed by atoms with Crippen LogP contribution in [-0.4, -0.2) is 47.5 Å². The van der Waals surface area contributed by atoms with Gasteiger partial charge in [0.1, 0.15) is 5.82 Å². The van der Waals surface area contributed by atoms with Crippen molar-refractivity contribution in [3.8, 4) is 0 Å². The molecule has 21 heavy (non-hydrogen) atoms. The summed E-state index contributed by atoms with van der Waals surface area (Å²) in [6.45, 7) is 2.42. The first-order chi connectivity index (χ1) is 10.0. The van der Waals surface area contributed by atoms with Gasteiger partial charge in [0.05, 0.1) is 6.20 Å². The number of aryl methyl sites for hydroxylation is 1. The maximum atomic E-state index is 12.6. The molecule has 2 aromatic heterocycles. The maximum absolute atomic E-state index is 12.6. The van der Waals surface area contributed by atoms with E-state index in [1.165, 1.54) is 10.5 Å². The number of sulfonamides is 1. The SMILES string of the molecule is Cc1ncc(S(=O)(=O)N2C[C@H](CO)[C@H](c3ccsc3)C2)[nH]1. The average Bonchev–Trinajstić information content (AvgIpc) is 3.17. The van der Waals surface area contributed by atoms with Gasteiger partial charge >= 0.3 is 0 Å². The summed E-state index contributed by atoms with van der Waals surface area (Å²) >= 11 is 1.58. The molecule has 0 aromatic carbocycles. The van der Waals surface area contributed by atoms with Gasteiger partial charge in [0, 0.05) is 31.5 Å². The molecule has 6 nitrogen and oxygen atoms in total. The largest absolute Gasteiger partial charge is 0.396 e. The van der Waals surface area contributed by atoms with Crippen molar-refractivity contribution in [2.45, 2.75) is 17.9 Å². The zero-order valence-corrected chi connectivity index (χ0v) is 13.2. The van der Waals surface area contributed by atoms with Crippen LogP contribution in [0.2, 0.25) is 0 Å². The summed E-state index contributed by atoms with van der Waals surface area (Å²) in [5, 5.41) is 13.7. The molecule has 0 amide bonds. The van der Waals surface area contributed by atoms with Crippen molar-refractivity contribution in [2.24, 2.45) is 5.92 Å². The molecule has 0 bridgehead atoms. The van der Waals surface area contributed by atoms with Crippen LogP contribution in [0, 0.1) is 12.8 Å². The lowest BCUT2D eigenvalue weighted by Gasteiger charge is -2.14. The lowest BCUT2D eigenvalue weighted by atomic mass is 9.92. The molecular weight excluding hydrogens is 310 g/mol. The molecule has 0 aliphatic carbocycles. The summed E-state index contributed by atoms with van der Waals surface area (Å²) in [4.78, 5) is 6.73. The minimum absolute atomic E-state index is 0.0193. The van der Waals surface area contributed by atoms with E-state index < -0.39 is 10.0 Å². The van der Waals surface area contributed by atoms with Crippen molar-refractivity contribution >= 4 is 21.4 Å². The van der Waals surface area contributed by atoms with Crippen LogP contribution >= 0.6 is 11.3 Å². The number of thiophene rings is 1. The molecule has 1 saturated heterocycles. The number of nitrogens with one attached hydrogen (secondary N) is 1. The van der Waals surface area contributed by atoms with E-state index in [1.807, 2.05) is 16.8 Å². The van der Waals surface area contributed by atoms with Crippen LogP contribution in [0.3, 0.4) is 0 Å². The van der Waals surface area contributed by atoms with Gasteiger partial charge in [-0.2, -0.15) is 15.6 Å². The average molecular weight is 327 g/mol. The Kier molecular flexibility index (Phi) is 3.87. The Labute approximate surface area is 127 Å². The third kappa shape index (κ3) is 2.64. The lowest BCUT2D eigenvalue weighted by molar-refractivity contribution is 0.223. The number of imidazole rings is 1. The Hall–Kier alpha value is -1.22. The van der Waals surface area contributed by atoms with Crippen LogP contribution in [0.5, 0.6) is 0 Å². The fourth-order valence-electron chi connectivity index (χ4n) is 2.75. The molecule has 3 rings (SSSR count). The Balaban J connectivity index is 1.88. The van der Waals surface area contributed by atoms with Gasteiger partial charge in [-0.05, 0) is 29.3 Å². The summed E-state index contributed by atoms with van der Waals surface area (Å²) in [6.07, 6.45) is 1.34. The number of aromatic amines is 1. The molecule has 0 spiro atoms. The van der Waals surface area contributed by atoms with E-state index in [1.54, 1.807) is 18.3 Å². The maximum Gasteiger partial charge on any atom is 0.260 e. The summed E-state index contributed by atoms with van der Waals surface area (Å²) in [5.41, 5.74) is 1.09. The molecule has 1 aliphatic rings. The van der Waals surface area contributed by atoms with E-state index in [0.717, 1.165) is 5.56 Å². The van der Waals surface area contributed by atoms with Crippen molar-refractivity contribution in [2.75, 3.05) is 19.7 Å². The molecule has 0 saturated carbocycles. The summed E-state index contributed by atoms with van der Waals surface area (Å²) in [5.74, 6) is 0.541. The van der Waals surface area contributed by atoms with Gasteiger partial charge in [0.2, 0.25) is 0 Å². The quantitative estimate of drug-likeness (QED) is 0.883. The van der Waals surface area contributed by atoms with E-state index in [9.17, 15) is 13.5 Å². The second kappa shape index (κ2) is 5.53.